The summed E-state index contributed by atoms with van der Waals surface area (Å²) in [6.07, 6.45) is 0. The van der Waals surface area contributed by atoms with Gasteiger partial charge >= 0.3 is 0 Å². The third kappa shape index (κ3) is 2.67. The summed E-state index contributed by atoms with van der Waals surface area (Å²) in [4.78, 5) is 11.9. The summed E-state index contributed by atoms with van der Waals surface area (Å²) < 4.78 is 5.43. The molecule has 0 unspecified atom stereocenters. The Morgan fingerprint density at radius 2 is 1.94 bits per heavy atom. The van der Waals surface area contributed by atoms with Gasteiger partial charge in [0.05, 0.1) is 19.2 Å². The number of nitrogens with two attached hydrogens (primary N) is 1. The number of methoxy groups -OCH3 is 1. The van der Waals surface area contributed by atoms with E-state index in [0.717, 1.165) is 11.1 Å². The fourth-order valence-corrected chi connectivity index (χ4v) is 1.93. The van der Waals surface area contributed by atoms with Crippen LogP contribution in [0.5, 0.6) is 5.75 Å². The van der Waals surface area contributed by atoms with Crippen LogP contribution in [-0.4, -0.2) is 19.4 Å². The molecule has 3 heteroatoms. The molecule has 0 radical (unpaired) electrons. The van der Waals surface area contributed by atoms with Crippen molar-refractivity contribution < 1.29 is 9.53 Å². The van der Waals surface area contributed by atoms with E-state index in [-0.39, 0.29) is 17.7 Å². The van der Waals surface area contributed by atoms with Crippen LogP contribution in [0.25, 0.3) is 0 Å². The first-order valence-corrected chi connectivity index (χ1v) is 5.74. The van der Waals surface area contributed by atoms with Gasteiger partial charge in [-0.25, -0.2) is 0 Å². The highest BCUT2D eigenvalue weighted by molar-refractivity contribution is 6.01. The van der Waals surface area contributed by atoms with Crippen molar-refractivity contribution in [2.75, 3.05) is 13.7 Å². The third-order valence-electron chi connectivity index (χ3n) is 2.84. The molecule has 0 atom stereocenters. The summed E-state index contributed by atoms with van der Waals surface area (Å²) in [7, 11) is 1.59. The molecule has 0 aliphatic carbocycles. The summed E-state index contributed by atoms with van der Waals surface area (Å²) in [5, 5.41) is 0. The van der Waals surface area contributed by atoms with E-state index in [9.17, 15) is 4.79 Å². The van der Waals surface area contributed by atoms with E-state index in [4.69, 9.17) is 10.5 Å². The second kappa shape index (κ2) is 4.88. The van der Waals surface area contributed by atoms with Crippen LogP contribution in [0.1, 0.15) is 42.3 Å². The largest absolute Gasteiger partial charge is 0.496 e. The van der Waals surface area contributed by atoms with Gasteiger partial charge in [-0.3, -0.25) is 4.79 Å². The van der Waals surface area contributed by atoms with E-state index in [1.165, 1.54) is 0 Å². The van der Waals surface area contributed by atoms with Gasteiger partial charge in [-0.1, -0.05) is 32.9 Å². The highest BCUT2D eigenvalue weighted by atomic mass is 16.5. The molecule has 0 heterocycles. The van der Waals surface area contributed by atoms with Gasteiger partial charge in [-0.15, -0.1) is 0 Å². The highest BCUT2D eigenvalue weighted by Crippen LogP contribution is 2.35. The molecule has 1 aromatic carbocycles. The normalized spacial score (nSPS) is 11.4. The quantitative estimate of drug-likeness (QED) is 0.819. The van der Waals surface area contributed by atoms with Crippen LogP contribution in [0.4, 0.5) is 0 Å². The Morgan fingerprint density at radius 3 is 2.35 bits per heavy atom. The number of ether oxygens (including phenoxy) is 1. The van der Waals surface area contributed by atoms with Gasteiger partial charge in [-0.2, -0.15) is 0 Å². The van der Waals surface area contributed by atoms with Crippen molar-refractivity contribution in [3.05, 3.63) is 28.8 Å². The Hall–Kier alpha value is -1.35. The minimum absolute atomic E-state index is 0.00476. The van der Waals surface area contributed by atoms with Crippen LogP contribution in [0.2, 0.25) is 0 Å². The zero-order valence-corrected chi connectivity index (χ0v) is 11.3. The molecule has 1 rings (SSSR count). The van der Waals surface area contributed by atoms with Gasteiger partial charge in [0.1, 0.15) is 5.75 Å². The number of hydrogen-bond donors (Lipinski definition) is 1. The Balaban J connectivity index is 3.53. The summed E-state index contributed by atoms with van der Waals surface area (Å²) in [5.74, 6) is 0.582. The SMILES string of the molecule is COc1c(C(C)(C)C)ccc(C)c1C(=O)CN. The Bertz CT molecular complexity index is 431. The molecule has 0 amide bonds. The zero-order valence-electron chi connectivity index (χ0n) is 11.3. The maximum absolute atomic E-state index is 11.9. The molecule has 0 fully saturated rings. The van der Waals surface area contributed by atoms with Gasteiger partial charge in [-0.05, 0) is 17.9 Å². The zero-order chi connectivity index (χ0) is 13.2. The Kier molecular flexibility index (Phi) is 3.94. The fourth-order valence-electron chi connectivity index (χ4n) is 1.93. The number of carbonyl (C=O) groups excluding carboxylic acids is 1. The van der Waals surface area contributed by atoms with Gasteiger partial charge in [0, 0.05) is 5.56 Å². The average molecular weight is 235 g/mol. The maximum Gasteiger partial charge on any atom is 0.180 e. The topological polar surface area (TPSA) is 52.3 Å². The number of hydrogen-bond acceptors (Lipinski definition) is 3. The summed E-state index contributed by atoms with van der Waals surface area (Å²) in [5.41, 5.74) is 7.93. The van der Waals surface area contributed by atoms with Crippen LogP contribution >= 0.6 is 0 Å². The van der Waals surface area contributed by atoms with Crippen molar-refractivity contribution >= 4 is 5.78 Å². The van der Waals surface area contributed by atoms with Crippen molar-refractivity contribution in [2.45, 2.75) is 33.1 Å². The summed E-state index contributed by atoms with van der Waals surface area (Å²) in [6.45, 7) is 8.19. The molecule has 1 aromatic rings. The van der Waals surface area contributed by atoms with Crippen molar-refractivity contribution in [1.82, 2.24) is 0 Å². The number of ketones is 1. The number of Topliss-reactive ketones (excluding diaryl/α,β-unsaturated/α-hetero) is 1. The lowest BCUT2D eigenvalue weighted by atomic mass is 9.83. The van der Waals surface area contributed by atoms with E-state index in [2.05, 4.69) is 20.8 Å². The third-order valence-corrected chi connectivity index (χ3v) is 2.84. The average Bonchev–Trinajstić information content (AvgIpc) is 2.25. The number of rotatable bonds is 3. The van der Waals surface area contributed by atoms with Gasteiger partial charge in [0.15, 0.2) is 5.78 Å². The number of carbonyl (C=O) groups is 1. The maximum atomic E-state index is 11.9. The predicted molar refractivity (Wildman–Crippen MR) is 69.8 cm³/mol. The molecule has 94 valence electrons. The predicted octanol–water partition coefficient (Wildman–Crippen LogP) is 2.44. The smallest absolute Gasteiger partial charge is 0.180 e. The second-order valence-electron chi connectivity index (χ2n) is 5.22. The summed E-state index contributed by atoms with van der Waals surface area (Å²) >= 11 is 0. The molecular formula is C14H21NO2. The molecule has 0 spiro atoms. The van der Waals surface area contributed by atoms with Crippen LogP contribution < -0.4 is 10.5 Å². The molecule has 0 saturated carbocycles. The van der Waals surface area contributed by atoms with Crippen molar-refractivity contribution in [1.29, 1.82) is 0 Å². The van der Waals surface area contributed by atoms with E-state index in [0.29, 0.717) is 11.3 Å². The molecule has 3 nitrogen and oxygen atoms in total. The molecule has 0 aliphatic rings. The van der Waals surface area contributed by atoms with Gasteiger partial charge in [0.2, 0.25) is 0 Å². The first-order chi connectivity index (χ1) is 7.82. The van der Waals surface area contributed by atoms with Crippen molar-refractivity contribution in [3.8, 4) is 5.75 Å². The molecule has 0 saturated heterocycles. The van der Waals surface area contributed by atoms with E-state index in [1.54, 1.807) is 7.11 Å². The molecule has 0 aliphatic heterocycles. The minimum Gasteiger partial charge on any atom is -0.496 e. The van der Waals surface area contributed by atoms with Gasteiger partial charge < -0.3 is 10.5 Å². The first-order valence-electron chi connectivity index (χ1n) is 5.74. The molecule has 2 N–H and O–H groups in total. The van der Waals surface area contributed by atoms with Crippen LogP contribution in [-0.2, 0) is 5.41 Å². The van der Waals surface area contributed by atoms with Crippen molar-refractivity contribution in [2.24, 2.45) is 5.73 Å². The monoisotopic (exact) mass is 235 g/mol. The minimum atomic E-state index is -0.0783. The molecule has 0 aromatic heterocycles. The van der Waals surface area contributed by atoms with E-state index in [1.807, 2.05) is 19.1 Å². The lowest BCUT2D eigenvalue weighted by molar-refractivity contribution is 0.0997. The second-order valence-corrected chi connectivity index (χ2v) is 5.22. The van der Waals surface area contributed by atoms with Gasteiger partial charge in [0.25, 0.3) is 0 Å². The first kappa shape index (κ1) is 13.7. The lowest BCUT2D eigenvalue weighted by Gasteiger charge is -2.24. The van der Waals surface area contributed by atoms with Crippen molar-refractivity contribution in [3.63, 3.8) is 0 Å². The molecule has 17 heavy (non-hydrogen) atoms. The molecular weight excluding hydrogens is 214 g/mol. The van der Waals surface area contributed by atoms with Crippen LogP contribution in [0.15, 0.2) is 12.1 Å². The highest BCUT2D eigenvalue weighted by Gasteiger charge is 2.24. The standard InChI is InChI=1S/C14H21NO2/c1-9-6-7-10(14(2,3)4)13(17-5)12(9)11(16)8-15/h6-7H,8,15H2,1-5H3. The number of benzene rings is 1. The van der Waals surface area contributed by atoms with Crippen LogP contribution in [0.3, 0.4) is 0 Å². The summed E-state index contributed by atoms with van der Waals surface area (Å²) in [6, 6.07) is 3.97. The van der Waals surface area contributed by atoms with E-state index >= 15 is 0 Å². The molecule has 0 bridgehead atoms. The fraction of sp³-hybridized carbons (Fsp3) is 0.500. The Morgan fingerprint density at radius 1 is 1.35 bits per heavy atom. The Labute approximate surface area is 103 Å². The van der Waals surface area contributed by atoms with E-state index < -0.39 is 0 Å². The number of aryl methyl sites for hydroxylation is 1. The lowest BCUT2D eigenvalue weighted by Crippen LogP contribution is -2.20. The van der Waals surface area contributed by atoms with Crippen LogP contribution in [0, 0.1) is 6.92 Å².